The Morgan fingerprint density at radius 3 is 2.32 bits per heavy atom. The second kappa shape index (κ2) is 7.40. The van der Waals surface area contributed by atoms with Crippen LogP contribution in [-0.4, -0.2) is 18.1 Å². The maximum atomic E-state index is 13.2. The Kier molecular flexibility index (Phi) is 5.30. The molecule has 0 radical (unpaired) electrons. The van der Waals surface area contributed by atoms with Crippen molar-refractivity contribution in [3.05, 3.63) is 65.2 Å². The minimum Gasteiger partial charge on any atom is -0.505 e. The molecule has 0 aromatic heterocycles. The summed E-state index contributed by atoms with van der Waals surface area (Å²) in [6.07, 6.45) is 0. The molecule has 0 fully saturated rings. The third kappa shape index (κ3) is 4.44. The summed E-state index contributed by atoms with van der Waals surface area (Å²) in [4.78, 5) is 4.04. The average Bonchev–Trinajstić information content (AvgIpc) is 2.51. The molecule has 4 nitrogen and oxygen atoms in total. The standard InChI is InChI=1S/C16H17F2N3O/c1-19-16(20-9-11-3-2-4-13(17)7-11)21-10-12-5-6-15(22)14(18)8-12/h2-8,22H,9-10H2,1H3,(H2,19,20,21). The molecule has 0 amide bonds. The first-order valence-corrected chi connectivity index (χ1v) is 6.75. The number of nitrogens with zero attached hydrogens (tertiary/aromatic N) is 1. The lowest BCUT2D eigenvalue weighted by Gasteiger charge is -2.12. The Hall–Kier alpha value is -2.63. The van der Waals surface area contributed by atoms with E-state index >= 15 is 0 Å². The largest absolute Gasteiger partial charge is 0.505 e. The zero-order chi connectivity index (χ0) is 15.9. The van der Waals surface area contributed by atoms with Crippen LogP contribution in [0.2, 0.25) is 0 Å². The molecule has 0 bridgehead atoms. The van der Waals surface area contributed by atoms with Gasteiger partial charge in [-0.05, 0) is 35.4 Å². The normalized spacial score (nSPS) is 11.3. The Bertz CT molecular complexity index is 674. The van der Waals surface area contributed by atoms with Crippen molar-refractivity contribution in [2.75, 3.05) is 7.05 Å². The van der Waals surface area contributed by atoms with Crippen molar-refractivity contribution in [1.82, 2.24) is 10.6 Å². The van der Waals surface area contributed by atoms with Crippen molar-refractivity contribution in [3.63, 3.8) is 0 Å². The highest BCUT2D eigenvalue weighted by Gasteiger charge is 2.03. The van der Waals surface area contributed by atoms with E-state index in [0.29, 0.717) is 24.6 Å². The van der Waals surface area contributed by atoms with Gasteiger partial charge in [0.15, 0.2) is 17.5 Å². The summed E-state index contributed by atoms with van der Waals surface area (Å²) in [5, 5.41) is 15.2. The molecule has 0 saturated heterocycles. The van der Waals surface area contributed by atoms with Crippen LogP contribution in [-0.2, 0) is 13.1 Å². The van der Waals surface area contributed by atoms with E-state index in [2.05, 4.69) is 15.6 Å². The first-order valence-electron chi connectivity index (χ1n) is 6.75. The summed E-state index contributed by atoms with van der Waals surface area (Å²) in [5.74, 6) is -0.820. The number of nitrogens with one attached hydrogen (secondary N) is 2. The average molecular weight is 305 g/mol. The Morgan fingerprint density at radius 1 is 1.05 bits per heavy atom. The van der Waals surface area contributed by atoms with Crippen molar-refractivity contribution < 1.29 is 13.9 Å². The molecule has 2 rings (SSSR count). The van der Waals surface area contributed by atoms with Gasteiger partial charge in [-0.1, -0.05) is 18.2 Å². The predicted molar refractivity (Wildman–Crippen MR) is 81.5 cm³/mol. The van der Waals surface area contributed by atoms with Crippen LogP contribution >= 0.6 is 0 Å². The summed E-state index contributed by atoms with van der Waals surface area (Å²) < 4.78 is 26.3. The van der Waals surface area contributed by atoms with E-state index in [4.69, 9.17) is 5.11 Å². The minimum atomic E-state index is -0.665. The molecule has 116 valence electrons. The Morgan fingerprint density at radius 2 is 1.73 bits per heavy atom. The van der Waals surface area contributed by atoms with Crippen molar-refractivity contribution in [2.24, 2.45) is 4.99 Å². The van der Waals surface area contributed by atoms with Crippen molar-refractivity contribution in [3.8, 4) is 5.75 Å². The summed E-state index contributed by atoms with van der Waals surface area (Å²) in [6, 6.07) is 10.4. The van der Waals surface area contributed by atoms with Crippen LogP contribution < -0.4 is 10.6 Å². The summed E-state index contributed by atoms with van der Waals surface area (Å²) >= 11 is 0. The molecule has 0 spiro atoms. The zero-order valence-corrected chi connectivity index (χ0v) is 12.1. The van der Waals surface area contributed by atoms with Crippen LogP contribution in [0.15, 0.2) is 47.5 Å². The number of benzene rings is 2. The number of phenols is 1. The SMILES string of the molecule is CN=C(NCc1cccc(F)c1)NCc1ccc(O)c(F)c1. The number of aliphatic imine (C=N–C) groups is 1. The van der Waals surface area contributed by atoms with Gasteiger partial charge in [0.2, 0.25) is 0 Å². The van der Waals surface area contributed by atoms with E-state index in [0.717, 1.165) is 5.56 Å². The quantitative estimate of drug-likeness (QED) is 0.601. The molecule has 0 heterocycles. The number of hydrogen-bond donors (Lipinski definition) is 3. The van der Waals surface area contributed by atoms with E-state index in [9.17, 15) is 8.78 Å². The number of halogens is 2. The van der Waals surface area contributed by atoms with Gasteiger partial charge in [0.25, 0.3) is 0 Å². The van der Waals surface area contributed by atoms with E-state index in [1.807, 2.05) is 0 Å². The van der Waals surface area contributed by atoms with Crippen LogP contribution in [0.25, 0.3) is 0 Å². The van der Waals surface area contributed by atoms with E-state index in [-0.39, 0.29) is 11.6 Å². The van der Waals surface area contributed by atoms with Crippen molar-refractivity contribution in [1.29, 1.82) is 0 Å². The van der Waals surface area contributed by atoms with Crippen LogP contribution in [0.5, 0.6) is 5.75 Å². The summed E-state index contributed by atoms with van der Waals surface area (Å²) in [7, 11) is 1.61. The first-order chi connectivity index (χ1) is 10.6. The molecule has 0 aliphatic carbocycles. The molecule has 22 heavy (non-hydrogen) atoms. The number of aromatic hydroxyl groups is 1. The monoisotopic (exact) mass is 305 g/mol. The topological polar surface area (TPSA) is 56.7 Å². The molecule has 0 atom stereocenters. The van der Waals surface area contributed by atoms with E-state index in [1.54, 1.807) is 25.2 Å². The molecular weight excluding hydrogens is 288 g/mol. The molecule has 2 aromatic carbocycles. The third-order valence-corrected chi connectivity index (χ3v) is 3.04. The van der Waals surface area contributed by atoms with E-state index < -0.39 is 5.82 Å². The van der Waals surface area contributed by atoms with Gasteiger partial charge in [-0.3, -0.25) is 4.99 Å². The smallest absolute Gasteiger partial charge is 0.191 e. The lowest BCUT2D eigenvalue weighted by Crippen LogP contribution is -2.36. The molecule has 3 N–H and O–H groups in total. The number of rotatable bonds is 4. The van der Waals surface area contributed by atoms with E-state index in [1.165, 1.54) is 24.3 Å². The van der Waals surface area contributed by atoms with Crippen molar-refractivity contribution >= 4 is 5.96 Å². The number of guanidine groups is 1. The molecule has 0 saturated carbocycles. The minimum absolute atomic E-state index is 0.290. The van der Waals surface area contributed by atoms with Gasteiger partial charge >= 0.3 is 0 Å². The fraction of sp³-hybridized carbons (Fsp3) is 0.188. The summed E-state index contributed by atoms with van der Waals surface area (Å²) in [6.45, 7) is 0.765. The second-order valence-electron chi connectivity index (χ2n) is 4.70. The lowest BCUT2D eigenvalue weighted by atomic mass is 10.2. The number of hydrogen-bond acceptors (Lipinski definition) is 2. The van der Waals surface area contributed by atoms with Gasteiger partial charge in [0.1, 0.15) is 5.82 Å². The zero-order valence-electron chi connectivity index (χ0n) is 12.1. The molecular formula is C16H17F2N3O. The van der Waals surface area contributed by atoms with Gasteiger partial charge in [0, 0.05) is 20.1 Å². The fourth-order valence-corrected chi connectivity index (χ4v) is 1.90. The van der Waals surface area contributed by atoms with Gasteiger partial charge in [-0.15, -0.1) is 0 Å². The number of phenolic OH excluding ortho intramolecular Hbond substituents is 1. The van der Waals surface area contributed by atoms with Crippen LogP contribution in [0.1, 0.15) is 11.1 Å². The lowest BCUT2D eigenvalue weighted by molar-refractivity contribution is 0.431. The highest BCUT2D eigenvalue weighted by atomic mass is 19.1. The van der Waals surface area contributed by atoms with Crippen LogP contribution in [0.3, 0.4) is 0 Å². The highest BCUT2D eigenvalue weighted by Crippen LogP contribution is 2.15. The third-order valence-electron chi connectivity index (χ3n) is 3.04. The van der Waals surface area contributed by atoms with Gasteiger partial charge < -0.3 is 15.7 Å². The van der Waals surface area contributed by atoms with Gasteiger partial charge in [-0.25, -0.2) is 8.78 Å². The second-order valence-corrected chi connectivity index (χ2v) is 4.70. The van der Waals surface area contributed by atoms with Gasteiger partial charge in [-0.2, -0.15) is 0 Å². The molecule has 0 aliphatic heterocycles. The fourth-order valence-electron chi connectivity index (χ4n) is 1.90. The maximum Gasteiger partial charge on any atom is 0.191 e. The molecule has 0 unspecified atom stereocenters. The Balaban J connectivity index is 1.88. The van der Waals surface area contributed by atoms with Gasteiger partial charge in [0.05, 0.1) is 0 Å². The first kappa shape index (κ1) is 15.8. The highest BCUT2D eigenvalue weighted by molar-refractivity contribution is 5.79. The Labute approximate surface area is 127 Å². The maximum absolute atomic E-state index is 13.2. The summed E-state index contributed by atoms with van der Waals surface area (Å²) in [5.41, 5.74) is 1.46. The molecule has 0 aliphatic rings. The predicted octanol–water partition coefficient (Wildman–Crippen LogP) is 2.54. The molecule has 6 heteroatoms. The van der Waals surface area contributed by atoms with Crippen molar-refractivity contribution in [2.45, 2.75) is 13.1 Å². The van der Waals surface area contributed by atoms with Crippen LogP contribution in [0, 0.1) is 11.6 Å². The van der Waals surface area contributed by atoms with Crippen LogP contribution in [0.4, 0.5) is 8.78 Å². The molecule has 2 aromatic rings.